The molecule has 0 fully saturated rings. The van der Waals surface area contributed by atoms with Crippen LogP contribution in [-0.4, -0.2) is 59.8 Å². The summed E-state index contributed by atoms with van der Waals surface area (Å²) in [4.78, 5) is 51.7. The molecule has 0 bridgehead atoms. The lowest BCUT2D eigenvalue weighted by Crippen LogP contribution is -2.29. The molecule has 0 atom stereocenters. The molecule has 0 heterocycles. The van der Waals surface area contributed by atoms with Crippen molar-refractivity contribution in [1.82, 2.24) is 0 Å². The van der Waals surface area contributed by atoms with E-state index in [0.29, 0.717) is 11.1 Å². The van der Waals surface area contributed by atoms with Crippen molar-refractivity contribution >= 4 is 88.2 Å². The zero-order valence-electron chi connectivity index (χ0n) is 29.1. The molecule has 0 saturated heterocycles. The van der Waals surface area contributed by atoms with E-state index in [1.807, 2.05) is 0 Å². The zero-order chi connectivity index (χ0) is 40.7. The van der Waals surface area contributed by atoms with E-state index in [-0.39, 0.29) is 66.9 Å². The summed E-state index contributed by atoms with van der Waals surface area (Å²) in [5.74, 6) is -4.40. The van der Waals surface area contributed by atoms with E-state index in [0.717, 1.165) is 24.3 Å². The molecule has 6 aromatic rings. The highest BCUT2D eigenvalue weighted by Crippen LogP contribution is 2.35. The standard InChI is InChI=1S/C38H30N4O12S2/c1-19-9-11-21(13-27(19)35(45)41-31-17-23(55(49,50)51)15-29-25(31)5-3-7-33(29)43)39-37(47)38(48)40-22-12-10-20(2)28(14-22)36(46)42-32-18-24(56(52,53)54)16-30-26(32)6-4-8-34(30)44/h3-18,43-44H,1-2H3,(H,39,47)(H,40,48)(H,41,45)(H,42,46)(H,49,50,51)(H,52,53,54). The Morgan fingerprint density at radius 1 is 0.482 bits per heavy atom. The van der Waals surface area contributed by atoms with Crippen molar-refractivity contribution in [3.63, 3.8) is 0 Å². The van der Waals surface area contributed by atoms with Crippen molar-refractivity contribution in [1.29, 1.82) is 0 Å². The number of rotatable bonds is 8. The number of nitrogens with one attached hydrogen (secondary N) is 4. The molecule has 8 N–H and O–H groups in total. The summed E-state index contributed by atoms with van der Waals surface area (Å²) in [5, 5.41) is 31.2. The number of carbonyl (C=O) groups is 4. The molecule has 6 aromatic carbocycles. The fraction of sp³-hybridized carbons (Fsp3) is 0.0526. The Labute approximate surface area is 318 Å². The number of amides is 4. The minimum absolute atomic E-state index is 0.0214. The average molecular weight is 799 g/mol. The van der Waals surface area contributed by atoms with Crippen molar-refractivity contribution in [3.8, 4) is 11.5 Å². The van der Waals surface area contributed by atoms with Gasteiger partial charge in [-0.25, -0.2) is 0 Å². The molecule has 0 radical (unpaired) electrons. The van der Waals surface area contributed by atoms with Crippen LogP contribution in [0.4, 0.5) is 22.7 Å². The Morgan fingerprint density at radius 3 is 1.21 bits per heavy atom. The van der Waals surface area contributed by atoms with Crippen LogP contribution in [0.5, 0.6) is 11.5 Å². The number of phenolic OH excluding ortho intramolecular Hbond substituents is 2. The van der Waals surface area contributed by atoms with Crippen molar-refractivity contribution in [2.24, 2.45) is 0 Å². The molecule has 0 aliphatic rings. The lowest BCUT2D eigenvalue weighted by molar-refractivity contribution is -0.132. The lowest BCUT2D eigenvalue weighted by atomic mass is 10.0. The highest BCUT2D eigenvalue weighted by molar-refractivity contribution is 7.86. The maximum atomic E-state index is 13.4. The summed E-state index contributed by atoms with van der Waals surface area (Å²) in [7, 11) is -9.46. The monoisotopic (exact) mass is 798 g/mol. The number of carbonyl (C=O) groups excluding carboxylic acids is 4. The van der Waals surface area contributed by atoms with Crippen LogP contribution >= 0.6 is 0 Å². The van der Waals surface area contributed by atoms with E-state index in [1.165, 1.54) is 72.8 Å². The number of aromatic hydroxyl groups is 2. The number of hydrogen-bond donors (Lipinski definition) is 8. The van der Waals surface area contributed by atoms with Crippen molar-refractivity contribution < 1.29 is 55.3 Å². The number of anilines is 4. The third kappa shape index (κ3) is 8.12. The highest BCUT2D eigenvalue weighted by atomic mass is 32.2. The summed E-state index contributed by atoms with van der Waals surface area (Å²) in [6, 6.07) is 21.1. The molecule has 4 amide bonds. The van der Waals surface area contributed by atoms with E-state index in [4.69, 9.17) is 0 Å². The van der Waals surface area contributed by atoms with Gasteiger partial charge in [0.2, 0.25) is 0 Å². The molecular weight excluding hydrogens is 769 g/mol. The Morgan fingerprint density at radius 2 is 0.857 bits per heavy atom. The summed E-state index contributed by atoms with van der Waals surface area (Å²) >= 11 is 0. The Balaban J connectivity index is 1.19. The second kappa shape index (κ2) is 14.8. The molecule has 18 heteroatoms. The van der Waals surface area contributed by atoms with Gasteiger partial charge in [0.15, 0.2) is 0 Å². The molecular formula is C38H30N4O12S2. The van der Waals surface area contributed by atoms with Gasteiger partial charge >= 0.3 is 11.8 Å². The molecule has 6 rings (SSSR count). The first-order chi connectivity index (χ1) is 26.3. The predicted octanol–water partition coefficient (Wildman–Crippen LogP) is 5.60. The third-order valence-corrected chi connectivity index (χ3v) is 10.3. The van der Waals surface area contributed by atoms with Crippen LogP contribution in [-0.2, 0) is 29.8 Å². The van der Waals surface area contributed by atoms with E-state index >= 15 is 0 Å². The molecule has 0 aliphatic carbocycles. The van der Waals surface area contributed by atoms with E-state index in [2.05, 4.69) is 21.3 Å². The first-order valence-corrected chi connectivity index (χ1v) is 19.1. The van der Waals surface area contributed by atoms with Crippen LogP contribution in [0.3, 0.4) is 0 Å². The third-order valence-electron chi connectivity index (χ3n) is 8.67. The van der Waals surface area contributed by atoms with Gasteiger partial charge in [0, 0.05) is 44.0 Å². The minimum atomic E-state index is -4.73. The summed E-state index contributed by atoms with van der Waals surface area (Å²) in [6.07, 6.45) is 0. The van der Waals surface area contributed by atoms with Gasteiger partial charge in [-0.3, -0.25) is 28.3 Å². The quantitative estimate of drug-likeness (QED) is 0.0691. The average Bonchev–Trinajstić information content (AvgIpc) is 3.12. The Kier molecular flexibility index (Phi) is 10.2. The number of aryl methyl sites for hydroxylation is 2. The van der Waals surface area contributed by atoms with Crippen LogP contribution in [0.25, 0.3) is 21.5 Å². The van der Waals surface area contributed by atoms with Gasteiger partial charge in [0.1, 0.15) is 11.5 Å². The fourth-order valence-electron chi connectivity index (χ4n) is 5.84. The maximum absolute atomic E-state index is 13.4. The highest BCUT2D eigenvalue weighted by Gasteiger charge is 2.22. The van der Waals surface area contributed by atoms with E-state index in [1.54, 1.807) is 13.8 Å². The van der Waals surface area contributed by atoms with Gasteiger partial charge in [0.25, 0.3) is 32.1 Å². The second-order valence-electron chi connectivity index (χ2n) is 12.5. The second-order valence-corrected chi connectivity index (χ2v) is 15.4. The molecule has 56 heavy (non-hydrogen) atoms. The maximum Gasteiger partial charge on any atom is 0.314 e. The minimum Gasteiger partial charge on any atom is -0.507 e. The van der Waals surface area contributed by atoms with E-state index in [9.17, 15) is 55.3 Å². The van der Waals surface area contributed by atoms with E-state index < -0.39 is 53.7 Å². The van der Waals surface area contributed by atoms with Gasteiger partial charge in [-0.2, -0.15) is 16.8 Å². The van der Waals surface area contributed by atoms with Crippen LogP contribution in [0.2, 0.25) is 0 Å². The fourth-order valence-corrected chi connectivity index (χ4v) is 6.90. The van der Waals surface area contributed by atoms with Gasteiger partial charge < -0.3 is 31.5 Å². The molecule has 286 valence electrons. The smallest absolute Gasteiger partial charge is 0.314 e. The molecule has 0 saturated carbocycles. The van der Waals surface area contributed by atoms with Crippen molar-refractivity contribution in [2.45, 2.75) is 23.6 Å². The first kappa shape index (κ1) is 38.9. The lowest BCUT2D eigenvalue weighted by Gasteiger charge is -2.14. The topological polar surface area (TPSA) is 266 Å². The first-order valence-electron chi connectivity index (χ1n) is 16.2. The van der Waals surface area contributed by atoms with Gasteiger partial charge in [0.05, 0.1) is 21.2 Å². The van der Waals surface area contributed by atoms with Crippen LogP contribution in [0.15, 0.2) is 107 Å². The largest absolute Gasteiger partial charge is 0.507 e. The Bertz CT molecular complexity index is 2700. The van der Waals surface area contributed by atoms with Crippen LogP contribution < -0.4 is 21.3 Å². The SMILES string of the molecule is Cc1ccc(NC(=O)C(=O)Nc2ccc(C)c(C(=O)Nc3cc(S(=O)(=O)O)cc4c(O)cccc34)c2)cc1C(=O)Nc1cc(S(=O)(=O)O)cc2c(O)cccc12. The molecule has 0 spiro atoms. The van der Waals surface area contributed by atoms with Crippen LogP contribution in [0.1, 0.15) is 31.8 Å². The van der Waals surface area contributed by atoms with Crippen LogP contribution in [0, 0.1) is 13.8 Å². The number of benzene rings is 6. The molecule has 0 aliphatic heterocycles. The number of fused-ring (bicyclic) bond motifs is 2. The van der Waals surface area contributed by atoms with Gasteiger partial charge in [-0.15, -0.1) is 0 Å². The van der Waals surface area contributed by atoms with Gasteiger partial charge in [-0.05, 0) is 85.6 Å². The molecule has 16 nitrogen and oxygen atoms in total. The van der Waals surface area contributed by atoms with Crippen molar-refractivity contribution in [3.05, 3.63) is 119 Å². The number of phenols is 2. The normalized spacial score (nSPS) is 11.6. The summed E-state index contributed by atoms with van der Waals surface area (Å²) in [5.41, 5.74) is 0.880. The Hall–Kier alpha value is -6.86. The number of hydrogen-bond acceptors (Lipinski definition) is 10. The summed E-state index contributed by atoms with van der Waals surface area (Å²) < 4.78 is 67.0. The molecule has 0 unspecified atom stereocenters. The predicted molar refractivity (Wildman–Crippen MR) is 206 cm³/mol. The zero-order valence-corrected chi connectivity index (χ0v) is 30.7. The molecule has 0 aromatic heterocycles. The summed E-state index contributed by atoms with van der Waals surface area (Å²) in [6.45, 7) is 3.18. The van der Waals surface area contributed by atoms with Gasteiger partial charge in [-0.1, -0.05) is 36.4 Å². The van der Waals surface area contributed by atoms with Crippen molar-refractivity contribution in [2.75, 3.05) is 21.3 Å².